The van der Waals surface area contributed by atoms with E-state index in [2.05, 4.69) is 5.32 Å². The minimum absolute atomic E-state index is 0.304. The maximum atomic E-state index is 14.6. The van der Waals surface area contributed by atoms with Crippen LogP contribution in [0.2, 0.25) is 0 Å². The van der Waals surface area contributed by atoms with Crippen molar-refractivity contribution in [2.24, 2.45) is 0 Å². The van der Waals surface area contributed by atoms with Crippen molar-refractivity contribution in [3.8, 4) is 0 Å². The molecule has 0 unspecified atom stereocenters. The molecule has 0 aliphatic heterocycles. The number of benzene rings is 2. The number of aryl methyl sites for hydroxylation is 1. The van der Waals surface area contributed by atoms with Gasteiger partial charge in [0.15, 0.2) is 0 Å². The molecule has 33 heavy (non-hydrogen) atoms. The molecule has 0 saturated carbocycles. The van der Waals surface area contributed by atoms with Crippen LogP contribution < -0.4 is 5.32 Å². The Balaban J connectivity index is 1.97. The van der Waals surface area contributed by atoms with E-state index in [0.717, 1.165) is 23.9 Å². The molecule has 0 spiro atoms. The Kier molecular flexibility index (Phi) is 8.81. The number of hydrogen-bond donors (Lipinski definition) is 2. The highest BCUT2D eigenvalue weighted by Gasteiger charge is 2.30. The van der Waals surface area contributed by atoms with Crippen LogP contribution in [-0.4, -0.2) is 28.9 Å². The van der Waals surface area contributed by atoms with Crippen molar-refractivity contribution < 1.29 is 32.2 Å². The molecule has 1 atom stereocenters. The van der Waals surface area contributed by atoms with Gasteiger partial charge in [0.05, 0.1) is 17.7 Å². The summed E-state index contributed by atoms with van der Waals surface area (Å²) < 4.78 is 58.4. The van der Waals surface area contributed by atoms with E-state index in [1.807, 2.05) is 0 Å². The Morgan fingerprint density at radius 2 is 1.73 bits per heavy atom. The Bertz CT molecular complexity index is 959. The van der Waals surface area contributed by atoms with Gasteiger partial charge < -0.3 is 15.2 Å². The topological polar surface area (TPSA) is 58.6 Å². The number of aliphatic hydroxyl groups is 1. The normalized spacial score (nSPS) is 14.0. The molecule has 4 nitrogen and oxygen atoms in total. The molecule has 0 aliphatic rings. The first kappa shape index (κ1) is 27.0. The van der Waals surface area contributed by atoms with Gasteiger partial charge in [0.1, 0.15) is 11.4 Å². The predicted octanol–water partition coefficient (Wildman–Crippen LogP) is 6.59. The van der Waals surface area contributed by atoms with Crippen molar-refractivity contribution in [1.82, 2.24) is 5.32 Å². The number of carbonyl (C=O) groups is 1. The van der Waals surface area contributed by atoms with Crippen molar-refractivity contribution >= 4 is 17.9 Å². The Morgan fingerprint density at radius 3 is 2.30 bits per heavy atom. The fraction of sp³-hybridized carbons (Fsp3) is 0.458. The molecule has 2 rings (SSSR count). The zero-order valence-corrected chi connectivity index (χ0v) is 19.9. The number of carbonyl (C=O) groups excluding carboxylic acids is 1. The molecule has 0 aliphatic carbocycles. The zero-order valence-electron chi connectivity index (χ0n) is 19.1. The van der Waals surface area contributed by atoms with Crippen LogP contribution >= 0.6 is 11.8 Å². The number of amides is 1. The summed E-state index contributed by atoms with van der Waals surface area (Å²) in [4.78, 5) is 12.9. The van der Waals surface area contributed by atoms with Crippen LogP contribution in [0, 0.1) is 5.82 Å². The van der Waals surface area contributed by atoms with E-state index in [1.165, 1.54) is 12.1 Å². The number of nitrogens with one attached hydrogen (secondary N) is 1. The minimum atomic E-state index is -4.44. The average molecular weight is 488 g/mol. The van der Waals surface area contributed by atoms with Crippen LogP contribution in [0.4, 0.5) is 22.4 Å². The maximum absolute atomic E-state index is 14.6. The summed E-state index contributed by atoms with van der Waals surface area (Å²) in [6, 6.07) is 9.44. The van der Waals surface area contributed by atoms with Crippen LogP contribution in [0.15, 0.2) is 52.3 Å². The molecule has 2 N–H and O–H groups in total. The van der Waals surface area contributed by atoms with Gasteiger partial charge >= 0.3 is 12.3 Å². The second-order valence-corrected chi connectivity index (χ2v) is 10.2. The van der Waals surface area contributed by atoms with Gasteiger partial charge in [-0.1, -0.05) is 23.9 Å². The number of rotatable bonds is 8. The van der Waals surface area contributed by atoms with E-state index in [-0.39, 0.29) is 6.61 Å². The molecule has 9 heteroatoms. The second kappa shape index (κ2) is 10.8. The van der Waals surface area contributed by atoms with Gasteiger partial charge in [0.2, 0.25) is 0 Å². The smallest absolute Gasteiger partial charge is 0.416 e. The lowest BCUT2D eigenvalue weighted by Crippen LogP contribution is -2.50. The number of aliphatic hydroxyl groups excluding tert-OH is 1. The van der Waals surface area contributed by atoms with Crippen molar-refractivity contribution in [2.45, 2.75) is 74.1 Å². The fourth-order valence-electron chi connectivity index (χ4n) is 3.07. The fourth-order valence-corrected chi connectivity index (χ4v) is 3.97. The lowest BCUT2D eigenvalue weighted by molar-refractivity contribution is -0.137. The highest BCUT2D eigenvalue weighted by atomic mass is 32.2. The van der Waals surface area contributed by atoms with E-state index >= 15 is 0 Å². The van der Waals surface area contributed by atoms with Gasteiger partial charge in [-0.25, -0.2) is 9.18 Å². The Hall–Kier alpha value is -2.26. The summed E-state index contributed by atoms with van der Waals surface area (Å²) >= 11 is 1.05. The highest BCUT2D eigenvalue weighted by molar-refractivity contribution is 7.99. The van der Waals surface area contributed by atoms with Gasteiger partial charge in [-0.15, -0.1) is 0 Å². The molecule has 182 valence electrons. The standard InChI is InChI=1S/C24H29F4NO3S/c1-22(2,3)32-21(31)29-23(4,15-30)12-6-7-16-10-11-19(14-20(16)25)33-18-9-5-8-17(13-18)24(26,27)28/h5,8-11,13-14,30H,6-7,12,15H2,1-4H3,(H,29,31)/t23-/m1/s1. The lowest BCUT2D eigenvalue weighted by atomic mass is 9.94. The van der Waals surface area contributed by atoms with Crippen LogP contribution in [0.25, 0.3) is 0 Å². The van der Waals surface area contributed by atoms with Crippen LogP contribution in [0.1, 0.15) is 51.7 Å². The van der Waals surface area contributed by atoms with Crippen LogP contribution in [-0.2, 0) is 17.3 Å². The predicted molar refractivity (Wildman–Crippen MR) is 120 cm³/mol. The van der Waals surface area contributed by atoms with E-state index in [9.17, 15) is 27.5 Å². The van der Waals surface area contributed by atoms with E-state index in [0.29, 0.717) is 34.6 Å². The number of alkyl carbamates (subject to hydrolysis) is 1. The number of alkyl halides is 3. The first-order valence-corrected chi connectivity index (χ1v) is 11.3. The third kappa shape index (κ3) is 8.89. The average Bonchev–Trinajstić information content (AvgIpc) is 2.67. The molecule has 0 aromatic heterocycles. The summed E-state index contributed by atoms with van der Waals surface area (Å²) in [6.45, 7) is 6.59. The second-order valence-electron chi connectivity index (χ2n) is 9.08. The molecule has 0 fully saturated rings. The first-order valence-electron chi connectivity index (χ1n) is 10.5. The van der Waals surface area contributed by atoms with Gasteiger partial charge in [-0.3, -0.25) is 0 Å². The van der Waals surface area contributed by atoms with Gasteiger partial charge in [0, 0.05) is 9.79 Å². The summed E-state index contributed by atoms with van der Waals surface area (Å²) in [7, 11) is 0. The molecule has 0 heterocycles. The third-order valence-electron chi connectivity index (χ3n) is 4.75. The van der Waals surface area contributed by atoms with Gasteiger partial charge in [-0.05, 0) is 82.9 Å². The molecule has 0 saturated heterocycles. The number of hydrogen-bond acceptors (Lipinski definition) is 4. The van der Waals surface area contributed by atoms with E-state index in [4.69, 9.17) is 4.74 Å². The van der Waals surface area contributed by atoms with Gasteiger partial charge in [0.25, 0.3) is 0 Å². The Labute approximate surface area is 195 Å². The van der Waals surface area contributed by atoms with E-state index in [1.54, 1.807) is 45.9 Å². The highest BCUT2D eigenvalue weighted by Crippen LogP contribution is 2.35. The summed E-state index contributed by atoms with van der Waals surface area (Å²) in [5.41, 5.74) is -1.90. The van der Waals surface area contributed by atoms with Crippen molar-refractivity contribution in [3.05, 3.63) is 59.4 Å². The zero-order chi connectivity index (χ0) is 24.9. The molecular weight excluding hydrogens is 458 g/mol. The summed E-state index contributed by atoms with van der Waals surface area (Å²) in [5, 5.41) is 12.4. The summed E-state index contributed by atoms with van der Waals surface area (Å²) in [5.74, 6) is -0.460. The number of ether oxygens (including phenoxy) is 1. The minimum Gasteiger partial charge on any atom is -0.444 e. The molecule has 1 amide bonds. The monoisotopic (exact) mass is 487 g/mol. The Morgan fingerprint density at radius 1 is 1.06 bits per heavy atom. The SMILES string of the molecule is CC(C)(C)OC(=O)N[C@@](C)(CO)CCCc1ccc(Sc2cccc(C(F)(F)F)c2)cc1F. The first-order chi connectivity index (χ1) is 15.2. The summed E-state index contributed by atoms with van der Waals surface area (Å²) in [6.07, 6.45) is -3.83. The van der Waals surface area contributed by atoms with E-state index < -0.39 is 34.8 Å². The largest absolute Gasteiger partial charge is 0.444 e. The third-order valence-corrected chi connectivity index (χ3v) is 5.73. The number of halogens is 4. The van der Waals surface area contributed by atoms with Crippen LogP contribution in [0.5, 0.6) is 0 Å². The molecule has 0 bridgehead atoms. The molecule has 0 radical (unpaired) electrons. The maximum Gasteiger partial charge on any atom is 0.416 e. The van der Waals surface area contributed by atoms with Crippen molar-refractivity contribution in [3.63, 3.8) is 0 Å². The van der Waals surface area contributed by atoms with Gasteiger partial charge in [-0.2, -0.15) is 13.2 Å². The van der Waals surface area contributed by atoms with Crippen LogP contribution in [0.3, 0.4) is 0 Å². The molecular formula is C24H29F4NO3S. The van der Waals surface area contributed by atoms with Crippen molar-refractivity contribution in [2.75, 3.05) is 6.61 Å². The van der Waals surface area contributed by atoms with Crippen molar-refractivity contribution in [1.29, 1.82) is 0 Å². The lowest BCUT2D eigenvalue weighted by Gasteiger charge is -2.30. The molecule has 2 aromatic carbocycles. The molecule has 2 aromatic rings. The quantitative estimate of drug-likeness (QED) is 0.412.